The number of rotatable bonds is 1. The highest BCUT2D eigenvalue weighted by Crippen LogP contribution is 2.27. The normalized spacial score (nSPS) is 18.9. The molecular weight excluding hydrogens is 268 g/mol. The summed E-state index contributed by atoms with van der Waals surface area (Å²) in [7, 11) is -3.45. The van der Waals surface area contributed by atoms with Gasteiger partial charge in [0.05, 0.1) is 11.9 Å². The third-order valence-electron chi connectivity index (χ3n) is 1.71. The van der Waals surface area contributed by atoms with Crippen LogP contribution in [0.2, 0.25) is 0 Å². The number of halogens is 1. The molecule has 0 amide bonds. The van der Waals surface area contributed by atoms with E-state index in [1.54, 1.807) is 18.2 Å². The van der Waals surface area contributed by atoms with Gasteiger partial charge in [-0.25, -0.2) is 13.4 Å². The number of pyridine rings is 1. The topological polar surface area (TPSA) is 59.4 Å². The van der Waals surface area contributed by atoms with Crippen molar-refractivity contribution in [1.82, 2.24) is 4.98 Å². The average molecular weight is 273 g/mol. The van der Waals surface area contributed by atoms with E-state index < -0.39 is 9.84 Å². The number of aliphatic imine (C=N–C) groups is 1. The van der Waals surface area contributed by atoms with E-state index in [9.17, 15) is 8.42 Å². The molecule has 0 atom stereocenters. The molecule has 1 aromatic heterocycles. The van der Waals surface area contributed by atoms with Crippen LogP contribution < -0.4 is 0 Å². The maximum absolute atomic E-state index is 11.6. The van der Waals surface area contributed by atoms with Crippen molar-refractivity contribution in [1.29, 1.82) is 0 Å². The quantitative estimate of drug-likeness (QED) is 0.780. The van der Waals surface area contributed by atoms with Gasteiger partial charge in [-0.15, -0.1) is 0 Å². The fourth-order valence-electron chi connectivity index (χ4n) is 1.05. The van der Waals surface area contributed by atoms with E-state index in [1.165, 1.54) is 12.4 Å². The minimum Gasteiger partial charge on any atom is -0.255 e. The molecule has 6 heteroatoms. The zero-order valence-electron chi connectivity index (χ0n) is 6.88. The van der Waals surface area contributed by atoms with Crippen LogP contribution in [0.5, 0.6) is 0 Å². The molecule has 0 aliphatic carbocycles. The lowest BCUT2D eigenvalue weighted by molar-refractivity contribution is 0.617. The average Bonchev–Trinajstić information content (AvgIpc) is 2.44. The van der Waals surface area contributed by atoms with Gasteiger partial charge in [-0.3, -0.25) is 4.98 Å². The van der Waals surface area contributed by atoms with Crippen LogP contribution in [0.4, 0.5) is 0 Å². The van der Waals surface area contributed by atoms with Crippen molar-refractivity contribution in [2.45, 2.75) is 0 Å². The highest BCUT2D eigenvalue weighted by molar-refractivity contribution is 9.22. The summed E-state index contributed by atoms with van der Waals surface area (Å²) in [6, 6.07) is 5.08. The minimum absolute atomic E-state index is 0.0642. The predicted molar refractivity (Wildman–Crippen MR) is 57.5 cm³/mol. The summed E-state index contributed by atoms with van der Waals surface area (Å²) in [6.45, 7) is 0. The second kappa shape index (κ2) is 3.29. The zero-order chi connectivity index (χ0) is 10.2. The van der Waals surface area contributed by atoms with Gasteiger partial charge >= 0.3 is 0 Å². The van der Waals surface area contributed by atoms with Gasteiger partial charge in [0.15, 0.2) is 0 Å². The maximum atomic E-state index is 11.6. The fourth-order valence-corrected chi connectivity index (χ4v) is 2.64. The lowest BCUT2D eigenvalue weighted by Gasteiger charge is -1.99. The summed E-state index contributed by atoms with van der Waals surface area (Å²) >= 11 is 2.88. The van der Waals surface area contributed by atoms with Crippen molar-refractivity contribution >= 4 is 34.6 Å². The van der Waals surface area contributed by atoms with Crippen LogP contribution >= 0.6 is 15.9 Å². The van der Waals surface area contributed by atoms with Gasteiger partial charge in [0.25, 0.3) is 0 Å². The zero-order valence-corrected chi connectivity index (χ0v) is 9.29. The SMILES string of the molecule is O=S1(=O)C(c2ccccn2)=CN=C1Br. The monoisotopic (exact) mass is 272 g/mol. The fraction of sp³-hybridized carbons (Fsp3) is 0. The Morgan fingerprint density at radius 3 is 2.57 bits per heavy atom. The molecule has 0 N–H and O–H groups in total. The second-order valence-corrected chi connectivity index (χ2v) is 5.70. The summed E-state index contributed by atoms with van der Waals surface area (Å²) in [5.41, 5.74) is 0.408. The Morgan fingerprint density at radius 2 is 2.07 bits per heavy atom. The molecule has 1 aliphatic heterocycles. The number of aromatic nitrogens is 1. The Kier molecular flexibility index (Phi) is 2.24. The molecule has 0 saturated heterocycles. The largest absolute Gasteiger partial charge is 0.255 e. The second-order valence-electron chi connectivity index (χ2n) is 2.59. The molecule has 0 spiro atoms. The maximum Gasteiger partial charge on any atom is 0.234 e. The van der Waals surface area contributed by atoms with Gasteiger partial charge in [-0.2, -0.15) is 0 Å². The van der Waals surface area contributed by atoms with Crippen molar-refractivity contribution in [3.63, 3.8) is 0 Å². The summed E-state index contributed by atoms with van der Waals surface area (Å²) in [5.74, 6) is 0. The van der Waals surface area contributed by atoms with E-state index in [0.29, 0.717) is 5.69 Å². The minimum atomic E-state index is -3.45. The Bertz CT molecular complexity index is 520. The number of sulfone groups is 1. The third kappa shape index (κ3) is 1.40. The molecule has 0 radical (unpaired) electrons. The molecule has 0 unspecified atom stereocenters. The van der Waals surface area contributed by atoms with Crippen molar-refractivity contribution in [3.05, 3.63) is 36.3 Å². The van der Waals surface area contributed by atoms with Crippen LogP contribution in [-0.2, 0) is 9.84 Å². The van der Waals surface area contributed by atoms with Crippen molar-refractivity contribution in [2.24, 2.45) is 4.99 Å². The van der Waals surface area contributed by atoms with Crippen LogP contribution in [0.15, 0.2) is 35.6 Å². The Hall–Kier alpha value is -1.01. The summed E-state index contributed by atoms with van der Waals surface area (Å²) in [4.78, 5) is 7.77. The van der Waals surface area contributed by atoms with E-state index >= 15 is 0 Å². The summed E-state index contributed by atoms with van der Waals surface area (Å²) in [5, 5.41) is 0. The van der Waals surface area contributed by atoms with E-state index in [2.05, 4.69) is 25.9 Å². The van der Waals surface area contributed by atoms with E-state index in [4.69, 9.17) is 0 Å². The van der Waals surface area contributed by atoms with Gasteiger partial charge in [0.2, 0.25) is 13.8 Å². The predicted octanol–water partition coefficient (Wildman–Crippen LogP) is 1.56. The Morgan fingerprint density at radius 1 is 1.29 bits per heavy atom. The molecule has 2 rings (SSSR count). The summed E-state index contributed by atoms with van der Waals surface area (Å²) < 4.78 is 23.2. The standard InChI is InChI=1S/C8H5BrN2O2S/c9-8-11-5-7(14(8,12)13)6-3-1-2-4-10-6/h1-5H. The number of hydrogen-bond donors (Lipinski definition) is 0. The molecular formula is C8H5BrN2O2S. The molecule has 0 saturated carbocycles. The smallest absolute Gasteiger partial charge is 0.234 e. The first kappa shape index (κ1) is 9.54. The van der Waals surface area contributed by atoms with Crippen LogP contribution in [0.25, 0.3) is 4.91 Å². The first-order chi connectivity index (χ1) is 6.62. The molecule has 1 aromatic rings. The van der Waals surface area contributed by atoms with Gasteiger partial charge in [-0.05, 0) is 28.1 Å². The lowest BCUT2D eigenvalue weighted by atomic mass is 10.3. The molecule has 0 aromatic carbocycles. The first-order valence-corrected chi connectivity index (χ1v) is 6.00. The number of hydrogen-bond acceptors (Lipinski definition) is 4. The molecule has 0 fully saturated rings. The van der Waals surface area contributed by atoms with Crippen LogP contribution in [0, 0.1) is 0 Å². The van der Waals surface area contributed by atoms with Gasteiger partial charge in [0, 0.05) is 6.20 Å². The van der Waals surface area contributed by atoms with E-state index in [-0.39, 0.29) is 8.86 Å². The third-order valence-corrected chi connectivity index (χ3v) is 4.64. The molecule has 4 nitrogen and oxygen atoms in total. The molecule has 2 heterocycles. The van der Waals surface area contributed by atoms with Gasteiger partial charge < -0.3 is 0 Å². The van der Waals surface area contributed by atoms with Crippen LogP contribution in [-0.4, -0.2) is 17.4 Å². The molecule has 72 valence electrons. The number of nitrogens with zero attached hydrogens (tertiary/aromatic N) is 2. The lowest BCUT2D eigenvalue weighted by Crippen LogP contribution is -2.06. The van der Waals surface area contributed by atoms with E-state index in [1.807, 2.05) is 0 Å². The highest BCUT2D eigenvalue weighted by Gasteiger charge is 2.29. The Balaban J connectivity index is 2.53. The Labute approximate surface area is 89.4 Å². The van der Waals surface area contributed by atoms with E-state index in [0.717, 1.165) is 0 Å². The van der Waals surface area contributed by atoms with Crippen molar-refractivity contribution < 1.29 is 8.42 Å². The van der Waals surface area contributed by atoms with Crippen molar-refractivity contribution in [2.75, 3.05) is 0 Å². The first-order valence-electron chi connectivity index (χ1n) is 3.72. The van der Waals surface area contributed by atoms with Crippen LogP contribution in [0.1, 0.15) is 5.69 Å². The summed E-state index contributed by atoms with van der Waals surface area (Å²) in [6.07, 6.45) is 2.83. The van der Waals surface area contributed by atoms with Crippen molar-refractivity contribution in [3.8, 4) is 0 Å². The molecule has 0 bridgehead atoms. The molecule has 14 heavy (non-hydrogen) atoms. The van der Waals surface area contributed by atoms with Crippen LogP contribution in [0.3, 0.4) is 0 Å². The highest BCUT2D eigenvalue weighted by atomic mass is 79.9. The van der Waals surface area contributed by atoms with Gasteiger partial charge in [0.1, 0.15) is 4.91 Å². The van der Waals surface area contributed by atoms with Gasteiger partial charge in [-0.1, -0.05) is 6.07 Å². The molecule has 1 aliphatic rings.